The van der Waals surface area contributed by atoms with Crippen LogP contribution in [-0.2, 0) is 9.53 Å². The maximum atomic E-state index is 10.3. The van der Waals surface area contributed by atoms with Gasteiger partial charge in [-0.25, -0.2) is 0 Å². The second-order valence-corrected chi connectivity index (χ2v) is 3.32. The van der Waals surface area contributed by atoms with Gasteiger partial charge in [-0.15, -0.1) is 0 Å². The molecule has 0 aromatic carbocycles. The predicted molar refractivity (Wildman–Crippen MR) is 41.8 cm³/mol. The summed E-state index contributed by atoms with van der Waals surface area (Å²) >= 11 is 0. The Kier molecular flexibility index (Phi) is 2.69. The SMILES string of the molecule is CCC1([C@H](O)CC(=O)O)COC1. The summed E-state index contributed by atoms with van der Waals surface area (Å²) < 4.78 is 4.98. The lowest BCUT2D eigenvalue weighted by Crippen LogP contribution is -2.51. The number of carboxylic acids is 1. The van der Waals surface area contributed by atoms with E-state index in [9.17, 15) is 9.90 Å². The number of carboxylic acid groups (broad SMARTS) is 1. The van der Waals surface area contributed by atoms with Crippen LogP contribution < -0.4 is 0 Å². The first kappa shape index (κ1) is 9.48. The van der Waals surface area contributed by atoms with Crippen LogP contribution in [-0.4, -0.2) is 35.5 Å². The van der Waals surface area contributed by atoms with Crippen LogP contribution in [0.3, 0.4) is 0 Å². The summed E-state index contributed by atoms with van der Waals surface area (Å²) in [5.74, 6) is -0.956. The lowest BCUT2D eigenvalue weighted by atomic mass is 9.76. The van der Waals surface area contributed by atoms with Gasteiger partial charge in [0.05, 0.1) is 25.7 Å². The highest BCUT2D eigenvalue weighted by Crippen LogP contribution is 2.36. The van der Waals surface area contributed by atoms with E-state index in [0.717, 1.165) is 6.42 Å². The standard InChI is InChI=1S/C8H14O4/c1-2-8(4-12-5-8)6(9)3-7(10)11/h6,9H,2-5H2,1H3,(H,10,11)/t6-/m1/s1. The van der Waals surface area contributed by atoms with Crippen LogP contribution in [0.2, 0.25) is 0 Å². The molecular weight excluding hydrogens is 160 g/mol. The molecule has 0 amide bonds. The van der Waals surface area contributed by atoms with E-state index in [0.29, 0.717) is 13.2 Å². The number of aliphatic hydroxyl groups is 1. The monoisotopic (exact) mass is 174 g/mol. The third-order valence-corrected chi connectivity index (χ3v) is 2.56. The van der Waals surface area contributed by atoms with Crippen LogP contribution in [0.25, 0.3) is 0 Å². The molecule has 0 aromatic heterocycles. The zero-order valence-corrected chi connectivity index (χ0v) is 7.12. The van der Waals surface area contributed by atoms with Crippen molar-refractivity contribution in [1.29, 1.82) is 0 Å². The molecule has 0 radical (unpaired) electrons. The molecule has 12 heavy (non-hydrogen) atoms. The molecule has 2 N–H and O–H groups in total. The largest absolute Gasteiger partial charge is 0.481 e. The molecule has 1 saturated heterocycles. The average Bonchev–Trinajstić information content (AvgIpc) is 1.83. The first-order valence-corrected chi connectivity index (χ1v) is 4.08. The van der Waals surface area contributed by atoms with Crippen molar-refractivity contribution in [2.75, 3.05) is 13.2 Å². The van der Waals surface area contributed by atoms with Gasteiger partial charge < -0.3 is 14.9 Å². The Morgan fingerprint density at radius 3 is 2.50 bits per heavy atom. The Bertz CT molecular complexity index is 168. The number of hydrogen-bond acceptors (Lipinski definition) is 3. The quantitative estimate of drug-likeness (QED) is 0.641. The molecule has 1 aliphatic rings. The smallest absolute Gasteiger partial charge is 0.305 e. The Labute approximate surface area is 71.2 Å². The molecule has 0 spiro atoms. The summed E-state index contributed by atoms with van der Waals surface area (Å²) in [7, 11) is 0. The zero-order valence-electron chi connectivity index (χ0n) is 7.12. The summed E-state index contributed by atoms with van der Waals surface area (Å²) in [6.45, 7) is 2.91. The van der Waals surface area contributed by atoms with Crippen LogP contribution in [0.15, 0.2) is 0 Å². The Hall–Kier alpha value is -0.610. The number of rotatable bonds is 4. The first-order valence-electron chi connectivity index (χ1n) is 4.08. The highest BCUT2D eigenvalue weighted by atomic mass is 16.5. The zero-order chi connectivity index (χ0) is 9.19. The Morgan fingerprint density at radius 2 is 2.25 bits per heavy atom. The Morgan fingerprint density at radius 1 is 1.67 bits per heavy atom. The third kappa shape index (κ3) is 1.59. The van der Waals surface area contributed by atoms with Crippen LogP contribution >= 0.6 is 0 Å². The van der Waals surface area contributed by atoms with Gasteiger partial charge in [0.1, 0.15) is 0 Å². The van der Waals surface area contributed by atoms with Crippen molar-refractivity contribution in [3.8, 4) is 0 Å². The fraction of sp³-hybridized carbons (Fsp3) is 0.875. The molecule has 0 bridgehead atoms. The van der Waals surface area contributed by atoms with Crippen molar-refractivity contribution in [3.05, 3.63) is 0 Å². The van der Waals surface area contributed by atoms with E-state index in [-0.39, 0.29) is 11.8 Å². The molecule has 1 rings (SSSR count). The second kappa shape index (κ2) is 3.41. The molecule has 1 heterocycles. The Balaban J connectivity index is 2.48. The molecule has 1 atom stereocenters. The van der Waals surface area contributed by atoms with Crippen molar-refractivity contribution in [2.24, 2.45) is 5.41 Å². The van der Waals surface area contributed by atoms with Gasteiger partial charge in [-0.2, -0.15) is 0 Å². The molecule has 0 saturated carbocycles. The maximum absolute atomic E-state index is 10.3. The normalized spacial score (nSPS) is 22.8. The lowest BCUT2D eigenvalue weighted by Gasteiger charge is -2.43. The molecule has 1 aliphatic heterocycles. The van der Waals surface area contributed by atoms with E-state index in [1.54, 1.807) is 0 Å². The predicted octanol–water partition coefficient (Wildman–Crippen LogP) is 0.249. The summed E-state index contributed by atoms with van der Waals surface area (Å²) in [5.41, 5.74) is -0.293. The van der Waals surface area contributed by atoms with Gasteiger partial charge in [-0.3, -0.25) is 4.79 Å². The third-order valence-electron chi connectivity index (χ3n) is 2.56. The van der Waals surface area contributed by atoms with Crippen molar-refractivity contribution >= 4 is 5.97 Å². The second-order valence-electron chi connectivity index (χ2n) is 3.32. The van der Waals surface area contributed by atoms with Gasteiger partial charge >= 0.3 is 5.97 Å². The van der Waals surface area contributed by atoms with E-state index < -0.39 is 12.1 Å². The van der Waals surface area contributed by atoms with E-state index in [1.165, 1.54) is 0 Å². The molecular formula is C8H14O4. The van der Waals surface area contributed by atoms with E-state index >= 15 is 0 Å². The molecule has 0 unspecified atom stereocenters. The van der Waals surface area contributed by atoms with Crippen molar-refractivity contribution in [3.63, 3.8) is 0 Å². The first-order chi connectivity index (χ1) is 5.60. The number of ether oxygens (including phenoxy) is 1. The minimum Gasteiger partial charge on any atom is -0.481 e. The molecule has 70 valence electrons. The number of aliphatic carboxylic acids is 1. The van der Waals surface area contributed by atoms with Gasteiger partial charge in [0.25, 0.3) is 0 Å². The molecule has 4 heteroatoms. The van der Waals surface area contributed by atoms with E-state index in [2.05, 4.69) is 0 Å². The van der Waals surface area contributed by atoms with Gasteiger partial charge in [0.2, 0.25) is 0 Å². The molecule has 0 aliphatic carbocycles. The average molecular weight is 174 g/mol. The van der Waals surface area contributed by atoms with Gasteiger partial charge in [0, 0.05) is 5.41 Å². The minimum absolute atomic E-state index is 0.183. The van der Waals surface area contributed by atoms with Crippen LogP contribution in [0.1, 0.15) is 19.8 Å². The topological polar surface area (TPSA) is 66.8 Å². The van der Waals surface area contributed by atoms with Gasteiger partial charge in [-0.1, -0.05) is 6.92 Å². The van der Waals surface area contributed by atoms with E-state index in [1.807, 2.05) is 6.92 Å². The fourth-order valence-corrected chi connectivity index (χ4v) is 1.38. The minimum atomic E-state index is -0.956. The summed E-state index contributed by atoms with van der Waals surface area (Å²) in [6.07, 6.45) is -0.188. The lowest BCUT2D eigenvalue weighted by molar-refractivity contribution is -0.180. The maximum Gasteiger partial charge on any atom is 0.305 e. The number of carbonyl (C=O) groups is 1. The highest BCUT2D eigenvalue weighted by Gasteiger charge is 2.44. The molecule has 1 fully saturated rings. The summed E-state index contributed by atoms with van der Waals surface area (Å²) in [4.78, 5) is 10.3. The van der Waals surface area contributed by atoms with Crippen LogP contribution in [0.4, 0.5) is 0 Å². The fourth-order valence-electron chi connectivity index (χ4n) is 1.38. The van der Waals surface area contributed by atoms with Crippen molar-refractivity contribution < 1.29 is 19.7 Å². The number of hydrogen-bond donors (Lipinski definition) is 2. The molecule has 4 nitrogen and oxygen atoms in total. The van der Waals surface area contributed by atoms with Crippen LogP contribution in [0.5, 0.6) is 0 Å². The van der Waals surface area contributed by atoms with Crippen molar-refractivity contribution in [2.45, 2.75) is 25.9 Å². The number of aliphatic hydroxyl groups excluding tert-OH is 1. The summed E-state index contributed by atoms with van der Waals surface area (Å²) in [5, 5.41) is 18.0. The highest BCUT2D eigenvalue weighted by molar-refractivity contribution is 5.67. The van der Waals surface area contributed by atoms with E-state index in [4.69, 9.17) is 9.84 Å². The van der Waals surface area contributed by atoms with Crippen molar-refractivity contribution in [1.82, 2.24) is 0 Å². The van der Waals surface area contributed by atoms with Gasteiger partial charge in [-0.05, 0) is 6.42 Å². The molecule has 0 aromatic rings. The van der Waals surface area contributed by atoms with Gasteiger partial charge in [0.15, 0.2) is 0 Å². The summed E-state index contributed by atoms with van der Waals surface area (Å²) in [6, 6.07) is 0. The van der Waals surface area contributed by atoms with Crippen LogP contribution in [0, 0.1) is 5.41 Å².